The van der Waals surface area contributed by atoms with Crippen LogP contribution in [-0.2, 0) is 23.3 Å². The molecule has 0 radical (unpaired) electrons. The predicted molar refractivity (Wildman–Crippen MR) is 118 cm³/mol. The maximum atomic E-state index is 14.3. The number of benzene rings is 2. The molecule has 2 aromatic rings. The Morgan fingerprint density at radius 2 is 2.03 bits per heavy atom. The maximum Gasteiger partial charge on any atom is 0.412 e. The fraction of sp³-hybridized carbons (Fsp3) is 0.300. The highest BCUT2D eigenvalue weighted by molar-refractivity contribution is 9.10. The molecule has 0 saturated carbocycles. The molecular formula is C20H19BrClFN2O3S. The zero-order valence-corrected chi connectivity index (χ0v) is 19.1. The predicted octanol–water partition coefficient (Wildman–Crippen LogP) is 5.71. The molecule has 5 nitrogen and oxygen atoms in total. The summed E-state index contributed by atoms with van der Waals surface area (Å²) in [6.45, 7) is 5.33. The average molecular weight is 502 g/mol. The Labute approximate surface area is 185 Å². The van der Waals surface area contributed by atoms with E-state index in [9.17, 15) is 18.8 Å². The maximum absolute atomic E-state index is 14.3. The molecule has 0 unspecified atom stereocenters. The van der Waals surface area contributed by atoms with Crippen molar-refractivity contribution in [3.05, 3.63) is 62.8 Å². The SMILES string of the molecule is CC(C)(C)[S@@+]([O-])/N=C/[C@@]1(c2ccccc2)Cc2c(cc(F)c(Cl)c2Br)N1C(=O)O. The number of halogens is 3. The van der Waals surface area contributed by atoms with E-state index in [1.54, 1.807) is 51.1 Å². The van der Waals surface area contributed by atoms with Gasteiger partial charge in [-0.3, -0.25) is 4.90 Å². The van der Waals surface area contributed by atoms with Gasteiger partial charge in [0.25, 0.3) is 0 Å². The van der Waals surface area contributed by atoms with Crippen molar-refractivity contribution in [2.75, 3.05) is 4.90 Å². The van der Waals surface area contributed by atoms with Crippen molar-refractivity contribution in [3.63, 3.8) is 0 Å². The molecule has 3 rings (SSSR count). The van der Waals surface area contributed by atoms with Crippen LogP contribution in [0.3, 0.4) is 0 Å². The molecular weight excluding hydrogens is 483 g/mol. The van der Waals surface area contributed by atoms with Crippen LogP contribution in [-0.4, -0.2) is 26.7 Å². The molecule has 2 atom stereocenters. The zero-order valence-electron chi connectivity index (χ0n) is 15.9. The lowest BCUT2D eigenvalue weighted by Crippen LogP contribution is -2.49. The summed E-state index contributed by atoms with van der Waals surface area (Å²) in [5, 5.41) is 9.93. The van der Waals surface area contributed by atoms with Gasteiger partial charge in [-0.2, -0.15) is 0 Å². The van der Waals surface area contributed by atoms with Crippen molar-refractivity contribution < 1.29 is 18.8 Å². The quantitative estimate of drug-likeness (QED) is 0.332. The topological polar surface area (TPSA) is 76.0 Å². The lowest BCUT2D eigenvalue weighted by atomic mass is 9.87. The molecule has 0 bridgehead atoms. The molecule has 2 aromatic carbocycles. The molecule has 9 heteroatoms. The molecule has 1 aliphatic rings. The van der Waals surface area contributed by atoms with E-state index in [-0.39, 0.29) is 17.1 Å². The third-order valence-electron chi connectivity index (χ3n) is 4.68. The lowest BCUT2D eigenvalue weighted by molar-refractivity contribution is 0.197. The number of carboxylic acid groups (broad SMARTS) is 1. The number of fused-ring (bicyclic) bond motifs is 1. The Hall–Kier alpha value is -1.61. The van der Waals surface area contributed by atoms with Crippen LogP contribution < -0.4 is 4.90 Å². The number of hydrogen-bond acceptors (Lipinski definition) is 3. The molecule has 0 fully saturated rings. The van der Waals surface area contributed by atoms with E-state index in [0.29, 0.717) is 15.6 Å². The fourth-order valence-electron chi connectivity index (χ4n) is 3.25. The van der Waals surface area contributed by atoms with Crippen LogP contribution in [0.4, 0.5) is 14.9 Å². The summed E-state index contributed by atoms with van der Waals surface area (Å²) in [5.74, 6) is -0.734. The molecule has 154 valence electrons. The summed E-state index contributed by atoms with van der Waals surface area (Å²) in [4.78, 5) is 13.4. The summed E-state index contributed by atoms with van der Waals surface area (Å²) < 4.78 is 30.8. The van der Waals surface area contributed by atoms with E-state index < -0.39 is 33.6 Å². The largest absolute Gasteiger partial charge is 0.591 e. The van der Waals surface area contributed by atoms with Gasteiger partial charge in [0, 0.05) is 10.9 Å². The first kappa shape index (κ1) is 22.1. The summed E-state index contributed by atoms with van der Waals surface area (Å²) in [7, 11) is 0. The second-order valence-electron chi connectivity index (χ2n) is 7.67. The smallest absolute Gasteiger partial charge is 0.412 e. The molecule has 1 N–H and O–H groups in total. The van der Waals surface area contributed by atoms with Gasteiger partial charge in [0.15, 0.2) is 0 Å². The second-order valence-corrected chi connectivity index (χ2v) is 10.8. The van der Waals surface area contributed by atoms with Gasteiger partial charge in [-0.05, 0) is 53.9 Å². The minimum absolute atomic E-state index is 0.117. The Morgan fingerprint density at radius 1 is 1.41 bits per heavy atom. The van der Waals surface area contributed by atoms with Gasteiger partial charge >= 0.3 is 6.09 Å². The van der Waals surface area contributed by atoms with Crippen molar-refractivity contribution >= 4 is 56.9 Å². The minimum Gasteiger partial charge on any atom is -0.591 e. The normalized spacial score (nSPS) is 20.2. The first-order valence-electron chi connectivity index (χ1n) is 8.71. The van der Waals surface area contributed by atoms with Crippen LogP contribution in [0.2, 0.25) is 5.02 Å². The van der Waals surface area contributed by atoms with Crippen molar-refractivity contribution in [1.29, 1.82) is 0 Å². The third kappa shape index (κ3) is 3.91. The lowest BCUT2D eigenvalue weighted by Gasteiger charge is -2.34. The van der Waals surface area contributed by atoms with Crippen molar-refractivity contribution in [2.45, 2.75) is 37.5 Å². The van der Waals surface area contributed by atoms with Crippen LogP contribution >= 0.6 is 27.5 Å². The number of anilines is 1. The van der Waals surface area contributed by atoms with Crippen molar-refractivity contribution in [1.82, 2.24) is 0 Å². The summed E-state index contributed by atoms with van der Waals surface area (Å²) in [5.41, 5.74) is 0.0335. The van der Waals surface area contributed by atoms with Gasteiger partial charge in [-0.15, -0.1) is 0 Å². The molecule has 1 heterocycles. The average Bonchev–Trinajstić information content (AvgIpc) is 2.99. The minimum atomic E-state index is -1.60. The molecule has 1 amide bonds. The van der Waals surface area contributed by atoms with Gasteiger partial charge < -0.3 is 9.66 Å². The Morgan fingerprint density at radius 3 is 2.59 bits per heavy atom. The molecule has 0 spiro atoms. The van der Waals surface area contributed by atoms with Crippen LogP contribution in [0.15, 0.2) is 45.3 Å². The van der Waals surface area contributed by atoms with Crippen LogP contribution in [0.5, 0.6) is 0 Å². The summed E-state index contributed by atoms with van der Waals surface area (Å²) in [6.07, 6.45) is 0.273. The number of amides is 1. The van der Waals surface area contributed by atoms with Gasteiger partial charge in [-0.1, -0.05) is 46.3 Å². The standard InChI is InChI=1S/C20H19BrClFN2O3S/c1-19(2,3)29(28)24-11-20(12-7-5-4-6-8-12)10-13-15(25(20)18(26)27)9-14(23)17(22)16(13)21/h4-9,11H,10H2,1-3H3,(H,26,27)/b24-11+/t20-,29-/m1/s1. The molecule has 29 heavy (non-hydrogen) atoms. The fourth-order valence-corrected chi connectivity index (χ4v) is 4.54. The van der Waals surface area contributed by atoms with Gasteiger partial charge in [0.2, 0.25) is 0 Å². The van der Waals surface area contributed by atoms with Crippen LogP contribution in [0, 0.1) is 5.82 Å². The number of rotatable bonds is 3. The van der Waals surface area contributed by atoms with E-state index in [4.69, 9.17) is 11.6 Å². The Bertz CT molecular complexity index is 984. The van der Waals surface area contributed by atoms with E-state index in [2.05, 4.69) is 20.3 Å². The monoisotopic (exact) mass is 500 g/mol. The highest BCUT2D eigenvalue weighted by atomic mass is 79.9. The van der Waals surface area contributed by atoms with E-state index in [0.717, 1.165) is 11.0 Å². The highest BCUT2D eigenvalue weighted by Gasteiger charge is 2.50. The van der Waals surface area contributed by atoms with Gasteiger partial charge in [0.1, 0.15) is 27.5 Å². The second kappa shape index (κ2) is 7.91. The summed E-state index contributed by atoms with van der Waals surface area (Å²) >= 11 is 7.74. The van der Waals surface area contributed by atoms with Crippen LogP contribution in [0.25, 0.3) is 0 Å². The Kier molecular flexibility index (Phi) is 6.02. The van der Waals surface area contributed by atoms with Crippen LogP contribution in [0.1, 0.15) is 31.9 Å². The number of nitrogens with zero attached hydrogens (tertiary/aromatic N) is 2. The van der Waals surface area contributed by atoms with Crippen molar-refractivity contribution in [3.8, 4) is 0 Å². The number of carbonyl (C=O) groups is 1. The van der Waals surface area contributed by atoms with E-state index in [1.165, 1.54) is 6.21 Å². The third-order valence-corrected chi connectivity index (χ3v) is 7.49. The van der Waals surface area contributed by atoms with E-state index >= 15 is 0 Å². The summed E-state index contributed by atoms with van der Waals surface area (Å²) in [6, 6.07) is 9.99. The molecule has 0 aliphatic carbocycles. The molecule has 0 aromatic heterocycles. The van der Waals surface area contributed by atoms with Crippen molar-refractivity contribution in [2.24, 2.45) is 4.40 Å². The number of hydrogen-bond donors (Lipinski definition) is 1. The Balaban J connectivity index is 2.27. The molecule has 0 saturated heterocycles. The van der Waals surface area contributed by atoms with Gasteiger partial charge in [-0.25, -0.2) is 9.18 Å². The first-order chi connectivity index (χ1) is 13.5. The van der Waals surface area contributed by atoms with Gasteiger partial charge in [0.05, 0.1) is 16.9 Å². The zero-order chi connectivity index (χ0) is 21.6. The first-order valence-corrected chi connectivity index (χ1v) is 11.0. The van der Waals surface area contributed by atoms with E-state index in [1.807, 2.05) is 0 Å². The highest BCUT2D eigenvalue weighted by Crippen LogP contribution is 2.49. The molecule has 1 aliphatic heterocycles.